The summed E-state index contributed by atoms with van der Waals surface area (Å²) in [5, 5.41) is 3.23. The minimum Gasteiger partial charge on any atom is -0.496 e. The summed E-state index contributed by atoms with van der Waals surface area (Å²) in [4.78, 5) is 8.74. The van der Waals surface area contributed by atoms with Crippen molar-refractivity contribution >= 4 is 5.82 Å². The Kier molecular flexibility index (Phi) is 4.12. The van der Waals surface area contributed by atoms with Gasteiger partial charge in [-0.1, -0.05) is 19.1 Å². The molecule has 0 unspecified atom stereocenters. The van der Waals surface area contributed by atoms with Gasteiger partial charge in [-0.25, -0.2) is 4.98 Å². The summed E-state index contributed by atoms with van der Waals surface area (Å²) in [5.41, 5.74) is 1.77. The van der Waals surface area contributed by atoms with Gasteiger partial charge in [0.25, 0.3) is 0 Å². The van der Waals surface area contributed by atoms with Crippen LogP contribution in [0.4, 0.5) is 5.82 Å². The number of para-hydroxylation sites is 1. The molecule has 0 aliphatic carbocycles. The van der Waals surface area contributed by atoms with Crippen molar-refractivity contribution in [3.05, 3.63) is 36.7 Å². The van der Waals surface area contributed by atoms with E-state index >= 15 is 0 Å². The van der Waals surface area contributed by atoms with Crippen LogP contribution in [0.3, 0.4) is 0 Å². The van der Waals surface area contributed by atoms with Crippen LogP contribution in [-0.4, -0.2) is 23.6 Å². The van der Waals surface area contributed by atoms with Crippen LogP contribution in [0.1, 0.15) is 13.3 Å². The van der Waals surface area contributed by atoms with E-state index < -0.39 is 0 Å². The smallest absolute Gasteiger partial charge is 0.145 e. The quantitative estimate of drug-likeness (QED) is 0.877. The maximum Gasteiger partial charge on any atom is 0.145 e. The molecule has 0 aliphatic heterocycles. The first-order valence-corrected chi connectivity index (χ1v) is 6.04. The van der Waals surface area contributed by atoms with Crippen molar-refractivity contribution in [1.29, 1.82) is 0 Å². The zero-order chi connectivity index (χ0) is 12.8. The summed E-state index contributed by atoms with van der Waals surface area (Å²) in [6, 6.07) is 7.80. The average Bonchev–Trinajstić information content (AvgIpc) is 2.45. The number of ether oxygens (including phenoxy) is 1. The molecule has 1 aromatic heterocycles. The molecule has 0 atom stereocenters. The minimum atomic E-state index is 0.792. The van der Waals surface area contributed by atoms with Gasteiger partial charge in [-0.2, -0.15) is 0 Å². The van der Waals surface area contributed by atoms with Crippen LogP contribution in [0.25, 0.3) is 11.3 Å². The zero-order valence-electron chi connectivity index (χ0n) is 10.7. The Morgan fingerprint density at radius 1 is 1.22 bits per heavy atom. The number of methoxy groups -OCH3 is 1. The van der Waals surface area contributed by atoms with E-state index in [1.807, 2.05) is 24.3 Å². The molecule has 2 aromatic rings. The number of aromatic nitrogens is 2. The zero-order valence-corrected chi connectivity index (χ0v) is 10.7. The number of anilines is 1. The summed E-state index contributed by atoms with van der Waals surface area (Å²) in [6.45, 7) is 3.01. The van der Waals surface area contributed by atoms with Gasteiger partial charge in [0, 0.05) is 12.1 Å². The van der Waals surface area contributed by atoms with Crippen LogP contribution < -0.4 is 10.1 Å². The van der Waals surface area contributed by atoms with E-state index in [0.717, 1.165) is 35.8 Å². The highest BCUT2D eigenvalue weighted by Gasteiger charge is 2.07. The molecule has 0 radical (unpaired) electrons. The van der Waals surface area contributed by atoms with Gasteiger partial charge in [-0.3, -0.25) is 4.98 Å². The fraction of sp³-hybridized carbons (Fsp3) is 0.286. The van der Waals surface area contributed by atoms with E-state index in [-0.39, 0.29) is 0 Å². The third-order valence-corrected chi connectivity index (χ3v) is 2.57. The SMILES string of the molecule is CCCNc1cncc(-c2ccccc2OC)n1. The van der Waals surface area contributed by atoms with Crippen molar-refractivity contribution < 1.29 is 4.74 Å². The number of hydrogen-bond acceptors (Lipinski definition) is 4. The summed E-state index contributed by atoms with van der Waals surface area (Å²) in [5.74, 6) is 1.60. The van der Waals surface area contributed by atoms with Crippen LogP contribution in [-0.2, 0) is 0 Å². The molecule has 0 spiro atoms. The lowest BCUT2D eigenvalue weighted by Crippen LogP contribution is -2.03. The lowest BCUT2D eigenvalue weighted by molar-refractivity contribution is 0.416. The molecule has 0 saturated carbocycles. The van der Waals surface area contributed by atoms with E-state index in [9.17, 15) is 0 Å². The second-order valence-corrected chi connectivity index (χ2v) is 3.92. The van der Waals surface area contributed by atoms with Crippen molar-refractivity contribution in [2.75, 3.05) is 19.0 Å². The molecule has 0 bridgehead atoms. The fourth-order valence-electron chi connectivity index (χ4n) is 1.69. The first kappa shape index (κ1) is 12.4. The van der Waals surface area contributed by atoms with Gasteiger partial charge in [0.2, 0.25) is 0 Å². The van der Waals surface area contributed by atoms with Crippen molar-refractivity contribution in [3.63, 3.8) is 0 Å². The average molecular weight is 243 g/mol. The van der Waals surface area contributed by atoms with Gasteiger partial charge < -0.3 is 10.1 Å². The van der Waals surface area contributed by atoms with Gasteiger partial charge in [0.15, 0.2) is 0 Å². The number of nitrogens with zero attached hydrogens (tertiary/aromatic N) is 2. The highest BCUT2D eigenvalue weighted by atomic mass is 16.5. The first-order chi connectivity index (χ1) is 8.85. The molecule has 0 amide bonds. The Hall–Kier alpha value is -2.10. The molecular formula is C14H17N3O. The van der Waals surface area contributed by atoms with Crippen LogP contribution in [0.2, 0.25) is 0 Å². The third kappa shape index (κ3) is 2.77. The highest BCUT2D eigenvalue weighted by molar-refractivity contribution is 5.67. The lowest BCUT2D eigenvalue weighted by atomic mass is 10.1. The van der Waals surface area contributed by atoms with E-state index in [4.69, 9.17) is 4.74 Å². The van der Waals surface area contributed by atoms with Gasteiger partial charge >= 0.3 is 0 Å². The molecule has 2 rings (SSSR count). The van der Waals surface area contributed by atoms with Gasteiger partial charge in [-0.05, 0) is 18.6 Å². The summed E-state index contributed by atoms with van der Waals surface area (Å²) in [6.07, 6.45) is 4.53. The molecule has 4 nitrogen and oxygen atoms in total. The molecule has 94 valence electrons. The number of nitrogens with one attached hydrogen (secondary N) is 1. The maximum atomic E-state index is 5.33. The number of benzene rings is 1. The number of hydrogen-bond donors (Lipinski definition) is 1. The molecule has 18 heavy (non-hydrogen) atoms. The van der Waals surface area contributed by atoms with Crippen molar-refractivity contribution in [2.24, 2.45) is 0 Å². The lowest BCUT2D eigenvalue weighted by Gasteiger charge is -2.09. The number of rotatable bonds is 5. The molecule has 4 heteroatoms. The largest absolute Gasteiger partial charge is 0.496 e. The van der Waals surface area contributed by atoms with Crippen LogP contribution in [0.5, 0.6) is 5.75 Å². The standard InChI is InChI=1S/C14H17N3O/c1-3-8-16-14-10-15-9-12(17-14)11-6-4-5-7-13(11)18-2/h4-7,9-10H,3,8H2,1-2H3,(H,16,17). The molecular weight excluding hydrogens is 226 g/mol. The second kappa shape index (κ2) is 6.00. The monoisotopic (exact) mass is 243 g/mol. The minimum absolute atomic E-state index is 0.792. The second-order valence-electron chi connectivity index (χ2n) is 3.92. The molecule has 1 heterocycles. The topological polar surface area (TPSA) is 47.0 Å². The Morgan fingerprint density at radius 2 is 2.06 bits per heavy atom. The molecule has 0 saturated heterocycles. The van der Waals surface area contributed by atoms with E-state index in [0.29, 0.717) is 0 Å². The Morgan fingerprint density at radius 3 is 2.83 bits per heavy atom. The van der Waals surface area contributed by atoms with Crippen LogP contribution in [0, 0.1) is 0 Å². The maximum absolute atomic E-state index is 5.33. The summed E-state index contributed by atoms with van der Waals surface area (Å²) in [7, 11) is 1.66. The fourth-order valence-corrected chi connectivity index (χ4v) is 1.69. The van der Waals surface area contributed by atoms with Crippen LogP contribution in [0.15, 0.2) is 36.7 Å². The van der Waals surface area contributed by atoms with E-state index in [1.165, 1.54) is 0 Å². The van der Waals surface area contributed by atoms with Crippen molar-refractivity contribution in [2.45, 2.75) is 13.3 Å². The summed E-state index contributed by atoms with van der Waals surface area (Å²) >= 11 is 0. The van der Waals surface area contributed by atoms with E-state index in [2.05, 4.69) is 22.2 Å². The molecule has 0 fully saturated rings. The van der Waals surface area contributed by atoms with Gasteiger partial charge in [0.05, 0.1) is 25.2 Å². The first-order valence-electron chi connectivity index (χ1n) is 6.04. The molecule has 0 aliphatic rings. The van der Waals surface area contributed by atoms with Crippen LogP contribution >= 0.6 is 0 Å². The molecule has 1 N–H and O–H groups in total. The Labute approximate surface area is 107 Å². The Bertz CT molecular complexity index is 514. The van der Waals surface area contributed by atoms with Gasteiger partial charge in [-0.15, -0.1) is 0 Å². The molecule has 1 aromatic carbocycles. The Balaban J connectivity index is 2.32. The predicted molar refractivity (Wildman–Crippen MR) is 72.8 cm³/mol. The normalized spacial score (nSPS) is 10.1. The predicted octanol–water partition coefficient (Wildman–Crippen LogP) is 2.97. The highest BCUT2D eigenvalue weighted by Crippen LogP contribution is 2.27. The van der Waals surface area contributed by atoms with Crippen molar-refractivity contribution in [1.82, 2.24) is 9.97 Å². The van der Waals surface area contributed by atoms with Crippen molar-refractivity contribution in [3.8, 4) is 17.0 Å². The third-order valence-electron chi connectivity index (χ3n) is 2.57. The summed E-state index contributed by atoms with van der Waals surface area (Å²) < 4.78 is 5.33. The van der Waals surface area contributed by atoms with E-state index in [1.54, 1.807) is 19.5 Å². The van der Waals surface area contributed by atoms with Gasteiger partial charge in [0.1, 0.15) is 11.6 Å².